The first-order valence-electron chi connectivity index (χ1n) is 4.04. The van der Waals surface area contributed by atoms with Crippen LogP contribution in [0.2, 0.25) is 0 Å². The van der Waals surface area contributed by atoms with E-state index in [1.165, 1.54) is 24.9 Å². The van der Waals surface area contributed by atoms with Crippen LogP contribution < -0.4 is 0 Å². The molecule has 1 aromatic rings. The maximum absolute atomic E-state index is 12.3. The topological polar surface area (TPSA) is 26.3 Å². The lowest BCUT2D eigenvalue weighted by Crippen LogP contribution is -2.03. The molecule has 0 aliphatic heterocycles. The van der Waals surface area contributed by atoms with Gasteiger partial charge in [0.05, 0.1) is 12.7 Å². The highest BCUT2D eigenvalue weighted by molar-refractivity contribution is 7.98. The fourth-order valence-corrected chi connectivity index (χ4v) is 1.67. The Morgan fingerprint density at radius 3 is 2.79 bits per heavy atom. The van der Waals surface area contributed by atoms with E-state index in [4.69, 9.17) is 0 Å². The highest BCUT2D eigenvalue weighted by Gasteiger charge is 2.11. The van der Waals surface area contributed by atoms with Crippen LogP contribution in [-0.2, 0) is 11.4 Å². The van der Waals surface area contributed by atoms with Gasteiger partial charge in [0.25, 0.3) is 0 Å². The second kappa shape index (κ2) is 5.00. The third-order valence-corrected chi connectivity index (χ3v) is 2.62. The number of esters is 1. The summed E-state index contributed by atoms with van der Waals surface area (Å²) < 4.78 is 17.0. The predicted molar refractivity (Wildman–Crippen MR) is 54.4 cm³/mol. The maximum atomic E-state index is 12.3. The van der Waals surface area contributed by atoms with Crippen LogP contribution in [-0.4, -0.2) is 19.3 Å². The molecule has 0 saturated heterocycles. The lowest BCUT2D eigenvalue weighted by molar-refractivity contribution is 0.0596. The predicted octanol–water partition coefficient (Wildman–Crippen LogP) is 2.66. The molecule has 0 aliphatic rings. The number of methoxy groups -OCH3 is 1. The van der Waals surface area contributed by atoms with E-state index in [2.05, 4.69) is 4.74 Å². The Morgan fingerprint density at radius 2 is 2.29 bits per heavy atom. The molecule has 0 unspecified atom stereocenters. The summed E-state index contributed by atoms with van der Waals surface area (Å²) in [4.78, 5) is 12.1. The Morgan fingerprint density at radius 1 is 1.57 bits per heavy atom. The fraction of sp³-hybridized carbons (Fsp3) is 0.300. The van der Waals surface area contributed by atoms with Crippen molar-refractivity contribution in [1.29, 1.82) is 0 Å². The van der Waals surface area contributed by atoms with E-state index in [1.807, 2.05) is 6.26 Å². The molecule has 0 amide bonds. The van der Waals surface area contributed by atoms with Gasteiger partial charge in [0.15, 0.2) is 0 Å². The zero-order chi connectivity index (χ0) is 10.6. The van der Waals surface area contributed by atoms with Gasteiger partial charge in [-0.3, -0.25) is 0 Å². The minimum atomic E-state index is -0.571. The summed E-state index contributed by atoms with van der Waals surface area (Å²) in [7, 11) is 1.31. The lowest BCUT2D eigenvalue weighted by atomic mass is 10.1. The van der Waals surface area contributed by atoms with E-state index >= 15 is 0 Å². The van der Waals surface area contributed by atoms with Crippen molar-refractivity contribution in [1.82, 2.24) is 0 Å². The van der Waals surface area contributed by atoms with Crippen LogP contribution >= 0.6 is 11.8 Å². The number of halogens is 1. The molecule has 4 heteroatoms. The number of alkyl halides is 1. The van der Waals surface area contributed by atoms with Gasteiger partial charge in [-0.1, -0.05) is 6.07 Å². The number of benzene rings is 1. The van der Waals surface area contributed by atoms with Crippen LogP contribution in [0.4, 0.5) is 4.39 Å². The first kappa shape index (κ1) is 11.0. The van der Waals surface area contributed by atoms with Crippen molar-refractivity contribution in [3.8, 4) is 0 Å². The Balaban J connectivity index is 3.14. The van der Waals surface area contributed by atoms with Gasteiger partial charge < -0.3 is 4.74 Å². The van der Waals surface area contributed by atoms with Crippen molar-refractivity contribution in [3.05, 3.63) is 29.3 Å². The minimum Gasteiger partial charge on any atom is -0.465 e. The molecule has 0 bridgehead atoms. The third kappa shape index (κ3) is 2.26. The van der Waals surface area contributed by atoms with Crippen LogP contribution in [0.5, 0.6) is 0 Å². The van der Waals surface area contributed by atoms with Crippen LogP contribution in [0.3, 0.4) is 0 Å². The molecule has 1 rings (SSSR count). The SMILES string of the molecule is COC(=O)c1cc(CF)ccc1SC. The van der Waals surface area contributed by atoms with Gasteiger partial charge in [-0.05, 0) is 24.0 Å². The molecule has 0 aromatic heterocycles. The van der Waals surface area contributed by atoms with E-state index < -0.39 is 12.6 Å². The number of hydrogen-bond acceptors (Lipinski definition) is 3. The van der Waals surface area contributed by atoms with Crippen LogP contribution in [0.1, 0.15) is 15.9 Å². The number of carbonyl (C=O) groups is 1. The zero-order valence-electron chi connectivity index (χ0n) is 8.04. The quantitative estimate of drug-likeness (QED) is 0.571. The number of carbonyl (C=O) groups excluding carboxylic acids is 1. The number of hydrogen-bond donors (Lipinski definition) is 0. The molecular weight excluding hydrogens is 203 g/mol. The Hall–Kier alpha value is -1.03. The molecule has 14 heavy (non-hydrogen) atoms. The zero-order valence-corrected chi connectivity index (χ0v) is 8.86. The summed E-state index contributed by atoms with van der Waals surface area (Å²) in [6.45, 7) is -0.571. The number of ether oxygens (including phenoxy) is 1. The summed E-state index contributed by atoms with van der Waals surface area (Å²) in [5.74, 6) is -0.426. The van der Waals surface area contributed by atoms with Crippen LogP contribution in [0.15, 0.2) is 23.1 Å². The molecule has 0 heterocycles. The van der Waals surface area contributed by atoms with E-state index in [0.29, 0.717) is 11.1 Å². The molecule has 76 valence electrons. The molecular formula is C10H11FO2S. The normalized spacial score (nSPS) is 9.93. The summed E-state index contributed by atoms with van der Waals surface area (Å²) in [5, 5.41) is 0. The van der Waals surface area contributed by atoms with Gasteiger partial charge in [-0.25, -0.2) is 9.18 Å². The molecule has 0 radical (unpaired) electrons. The van der Waals surface area contributed by atoms with Gasteiger partial charge in [0.1, 0.15) is 6.67 Å². The number of thioether (sulfide) groups is 1. The average molecular weight is 214 g/mol. The van der Waals surface area contributed by atoms with E-state index in [-0.39, 0.29) is 0 Å². The van der Waals surface area contributed by atoms with Crippen molar-refractivity contribution < 1.29 is 13.9 Å². The molecule has 1 aromatic carbocycles. The van der Waals surface area contributed by atoms with Crippen LogP contribution in [0.25, 0.3) is 0 Å². The van der Waals surface area contributed by atoms with E-state index in [1.54, 1.807) is 12.1 Å². The molecule has 0 fully saturated rings. The molecule has 2 nitrogen and oxygen atoms in total. The Kier molecular flexibility index (Phi) is 3.95. The fourth-order valence-electron chi connectivity index (χ4n) is 1.11. The van der Waals surface area contributed by atoms with Crippen molar-refractivity contribution in [2.45, 2.75) is 11.6 Å². The van der Waals surface area contributed by atoms with Gasteiger partial charge in [-0.2, -0.15) is 0 Å². The average Bonchev–Trinajstić information content (AvgIpc) is 2.27. The Bertz CT molecular complexity index is 339. The lowest BCUT2D eigenvalue weighted by Gasteiger charge is -2.06. The molecule has 0 N–H and O–H groups in total. The molecule has 0 aliphatic carbocycles. The summed E-state index contributed by atoms with van der Waals surface area (Å²) in [5.41, 5.74) is 0.915. The standard InChI is InChI=1S/C10H11FO2S/c1-13-10(12)8-5-7(6-11)3-4-9(8)14-2/h3-5H,6H2,1-2H3. The highest BCUT2D eigenvalue weighted by Crippen LogP contribution is 2.22. The number of rotatable bonds is 3. The minimum absolute atomic E-state index is 0.426. The third-order valence-electron chi connectivity index (χ3n) is 1.82. The first-order valence-corrected chi connectivity index (χ1v) is 5.26. The van der Waals surface area contributed by atoms with Gasteiger partial charge in [0.2, 0.25) is 0 Å². The Labute approximate surface area is 86.5 Å². The van der Waals surface area contributed by atoms with E-state index in [9.17, 15) is 9.18 Å². The van der Waals surface area contributed by atoms with Gasteiger partial charge in [0, 0.05) is 4.90 Å². The molecule has 0 atom stereocenters. The van der Waals surface area contributed by atoms with Gasteiger partial charge in [-0.15, -0.1) is 11.8 Å². The molecule has 0 saturated carbocycles. The highest BCUT2D eigenvalue weighted by atomic mass is 32.2. The van der Waals surface area contributed by atoms with Crippen molar-refractivity contribution in [2.75, 3.05) is 13.4 Å². The first-order chi connectivity index (χ1) is 6.72. The summed E-state index contributed by atoms with van der Waals surface area (Å²) >= 11 is 1.44. The largest absolute Gasteiger partial charge is 0.465 e. The summed E-state index contributed by atoms with van der Waals surface area (Å²) in [6, 6.07) is 4.92. The second-order valence-corrected chi connectivity index (χ2v) is 3.51. The molecule has 0 spiro atoms. The van der Waals surface area contributed by atoms with Crippen LogP contribution in [0, 0.1) is 0 Å². The van der Waals surface area contributed by atoms with Crippen molar-refractivity contribution >= 4 is 17.7 Å². The van der Waals surface area contributed by atoms with Crippen molar-refractivity contribution in [3.63, 3.8) is 0 Å². The van der Waals surface area contributed by atoms with Gasteiger partial charge >= 0.3 is 5.97 Å². The monoisotopic (exact) mass is 214 g/mol. The maximum Gasteiger partial charge on any atom is 0.339 e. The van der Waals surface area contributed by atoms with E-state index in [0.717, 1.165) is 4.90 Å². The smallest absolute Gasteiger partial charge is 0.339 e. The van der Waals surface area contributed by atoms with Crippen molar-refractivity contribution in [2.24, 2.45) is 0 Å². The second-order valence-electron chi connectivity index (χ2n) is 2.66. The summed E-state index contributed by atoms with van der Waals surface area (Å²) in [6.07, 6.45) is 1.86.